The molecule has 0 aliphatic heterocycles. The Morgan fingerprint density at radius 3 is 0.947 bits per heavy atom. The highest BCUT2D eigenvalue weighted by Gasteiger charge is 2.76. The first-order chi connectivity index (χ1) is 5.44. The molecule has 0 atom stereocenters. The molecule has 0 aliphatic rings. The van der Waals surface area contributed by atoms with Crippen molar-refractivity contribution < 1.29 is 40.6 Å². The molecule has 0 heterocycles. The van der Waals surface area contributed by atoms with Gasteiger partial charge in [-0.15, -0.1) is 0 Å². The van der Waals surface area contributed by atoms with Crippen molar-refractivity contribution >= 4 is 5.97 Å². The first-order valence-electron chi connectivity index (χ1n) is 2.50. The van der Waals surface area contributed by atoms with E-state index in [9.17, 15) is 35.5 Å². The van der Waals surface area contributed by atoms with Crippen LogP contribution < -0.4 is 36.9 Å². The lowest BCUT2D eigenvalue weighted by molar-refractivity contribution is -0.347. The second kappa shape index (κ2) is 10.6. The zero-order valence-corrected chi connectivity index (χ0v) is 9.74. The lowest BCUT2D eigenvalue weighted by Crippen LogP contribution is -2.56. The van der Waals surface area contributed by atoms with Crippen molar-refractivity contribution in [2.75, 3.05) is 0 Å². The van der Waals surface area contributed by atoms with Gasteiger partial charge in [-0.1, -0.05) is 0 Å². The standard InChI is InChI=1S/C4HF7O2.6H3N/c5-2(6,1(12)13)3(7,8)4(9,10)11;;;;;;/h(H,12,13);6*1H3. The summed E-state index contributed by atoms with van der Waals surface area (Å²) < 4.78 is 80.5. The van der Waals surface area contributed by atoms with Crippen molar-refractivity contribution in [2.45, 2.75) is 18.0 Å². The van der Waals surface area contributed by atoms with E-state index in [2.05, 4.69) is 0 Å². The summed E-state index contributed by atoms with van der Waals surface area (Å²) in [5, 5.41) is 7.41. The van der Waals surface area contributed by atoms with E-state index in [1.165, 1.54) is 0 Å². The lowest BCUT2D eigenvalue weighted by Gasteiger charge is -2.24. The number of aliphatic carboxylic acids is 1. The van der Waals surface area contributed by atoms with Gasteiger partial charge < -0.3 is 42.0 Å². The number of carboxylic acid groups (broad SMARTS) is 1. The van der Waals surface area contributed by atoms with E-state index in [1.807, 2.05) is 0 Å². The summed E-state index contributed by atoms with van der Waals surface area (Å²) in [6.07, 6.45) is -6.60. The summed E-state index contributed by atoms with van der Waals surface area (Å²) in [6.45, 7) is 0. The van der Waals surface area contributed by atoms with Crippen molar-refractivity contribution in [3.05, 3.63) is 0 Å². The van der Waals surface area contributed by atoms with E-state index in [0.29, 0.717) is 0 Å². The highest BCUT2D eigenvalue weighted by molar-refractivity contribution is 5.76. The van der Waals surface area contributed by atoms with Crippen LogP contribution in [0.5, 0.6) is 0 Å². The Balaban J connectivity index is -0.0000000480. The number of halogens is 7. The maximum absolute atomic E-state index is 11.8. The Kier molecular flexibility index (Phi) is 24.1. The van der Waals surface area contributed by atoms with Gasteiger partial charge in [0, 0.05) is 0 Å². The largest absolute Gasteiger partial charge is 0.477 e. The van der Waals surface area contributed by atoms with Gasteiger partial charge in [-0.3, -0.25) is 0 Å². The van der Waals surface area contributed by atoms with Crippen LogP contribution in [0.3, 0.4) is 0 Å². The van der Waals surface area contributed by atoms with Gasteiger partial charge in [-0.05, 0) is 0 Å². The molecule has 0 aromatic heterocycles. The van der Waals surface area contributed by atoms with Crippen LogP contribution in [0, 0.1) is 0 Å². The summed E-state index contributed by atoms with van der Waals surface area (Å²) in [4.78, 5) is 9.38. The quantitative estimate of drug-likeness (QED) is 0.372. The van der Waals surface area contributed by atoms with Crippen LogP contribution in [0.1, 0.15) is 0 Å². The summed E-state index contributed by atoms with van der Waals surface area (Å²) in [5.41, 5.74) is 0. The lowest BCUT2D eigenvalue weighted by atomic mass is 10.1. The van der Waals surface area contributed by atoms with E-state index in [-0.39, 0.29) is 36.9 Å². The van der Waals surface area contributed by atoms with Crippen LogP contribution in [0.2, 0.25) is 0 Å². The third-order valence-corrected chi connectivity index (χ3v) is 1.02. The molecule has 0 amide bonds. The molecule has 0 saturated heterocycles. The van der Waals surface area contributed by atoms with E-state index in [4.69, 9.17) is 5.11 Å². The van der Waals surface area contributed by atoms with E-state index in [0.717, 1.165) is 0 Å². The number of hydrogen-bond donors (Lipinski definition) is 7. The average molecular weight is 316 g/mol. The average Bonchev–Trinajstić information content (AvgIpc) is 1.84. The zero-order chi connectivity index (χ0) is 11.1. The SMILES string of the molecule is N.N.N.N.N.N.O=C(O)C(F)(F)C(F)(F)C(F)(F)F. The Bertz CT molecular complexity index is 234. The molecule has 0 unspecified atom stereocenters. The van der Waals surface area contributed by atoms with Crippen molar-refractivity contribution in [3.8, 4) is 0 Å². The molecule has 0 spiro atoms. The van der Waals surface area contributed by atoms with Gasteiger partial charge in [-0.25, -0.2) is 4.79 Å². The highest BCUT2D eigenvalue weighted by atomic mass is 19.4. The number of hydrogen-bond acceptors (Lipinski definition) is 7. The molecule has 126 valence electrons. The van der Waals surface area contributed by atoms with E-state index >= 15 is 0 Å². The summed E-state index contributed by atoms with van der Waals surface area (Å²) in [5.74, 6) is -16.3. The molecule has 0 bridgehead atoms. The monoisotopic (exact) mass is 316 g/mol. The molecule has 15 heteroatoms. The fourth-order valence-corrected chi connectivity index (χ4v) is 0.312. The highest BCUT2D eigenvalue weighted by Crippen LogP contribution is 2.46. The zero-order valence-electron chi connectivity index (χ0n) is 9.74. The maximum Gasteiger partial charge on any atom is 0.460 e. The molecule has 19 heavy (non-hydrogen) atoms. The van der Waals surface area contributed by atoms with Gasteiger partial charge in [0.2, 0.25) is 0 Å². The Morgan fingerprint density at radius 1 is 0.684 bits per heavy atom. The topological polar surface area (TPSA) is 247 Å². The van der Waals surface area contributed by atoms with Crippen molar-refractivity contribution in [2.24, 2.45) is 0 Å². The van der Waals surface area contributed by atoms with E-state index < -0.39 is 24.0 Å². The van der Waals surface area contributed by atoms with Crippen molar-refractivity contribution in [3.63, 3.8) is 0 Å². The number of carboxylic acids is 1. The Labute approximate surface area is 103 Å². The fourth-order valence-electron chi connectivity index (χ4n) is 0.312. The van der Waals surface area contributed by atoms with E-state index in [1.54, 1.807) is 0 Å². The molecule has 0 aromatic carbocycles. The third-order valence-electron chi connectivity index (χ3n) is 1.02. The molecule has 0 saturated carbocycles. The molecule has 0 rings (SSSR count). The van der Waals surface area contributed by atoms with Crippen LogP contribution in [0.4, 0.5) is 30.7 Å². The summed E-state index contributed by atoms with van der Waals surface area (Å²) >= 11 is 0. The minimum absolute atomic E-state index is 0. The third kappa shape index (κ3) is 7.03. The second-order valence-corrected chi connectivity index (χ2v) is 1.95. The molecular formula is C4H19F7N6O2. The van der Waals surface area contributed by atoms with Gasteiger partial charge >= 0.3 is 24.0 Å². The van der Waals surface area contributed by atoms with Gasteiger partial charge in [0.25, 0.3) is 0 Å². The first-order valence-corrected chi connectivity index (χ1v) is 2.50. The minimum Gasteiger partial charge on any atom is -0.477 e. The summed E-state index contributed by atoms with van der Waals surface area (Å²) in [6, 6.07) is 0. The predicted octanol–water partition coefficient (Wildman–Crippen LogP) is 2.88. The molecule has 8 nitrogen and oxygen atoms in total. The van der Waals surface area contributed by atoms with Crippen molar-refractivity contribution in [1.29, 1.82) is 0 Å². The maximum atomic E-state index is 11.8. The van der Waals surface area contributed by atoms with Crippen molar-refractivity contribution in [1.82, 2.24) is 36.9 Å². The smallest absolute Gasteiger partial charge is 0.460 e. The molecule has 0 fully saturated rings. The molecule has 19 N–H and O–H groups in total. The number of alkyl halides is 7. The molecule has 0 radical (unpaired) electrons. The van der Waals surface area contributed by atoms with Crippen LogP contribution >= 0.6 is 0 Å². The first kappa shape index (κ1) is 43.1. The molecular weight excluding hydrogens is 297 g/mol. The summed E-state index contributed by atoms with van der Waals surface area (Å²) in [7, 11) is 0. The second-order valence-electron chi connectivity index (χ2n) is 1.95. The van der Waals surface area contributed by atoms with Crippen LogP contribution in [-0.2, 0) is 4.79 Å². The van der Waals surface area contributed by atoms with Gasteiger partial charge in [0.15, 0.2) is 0 Å². The number of carbonyl (C=O) groups is 1. The number of rotatable bonds is 2. The van der Waals surface area contributed by atoms with Crippen LogP contribution in [0.15, 0.2) is 0 Å². The molecule has 0 aliphatic carbocycles. The molecule has 0 aromatic rings. The van der Waals surface area contributed by atoms with Gasteiger partial charge in [0.05, 0.1) is 0 Å². The fraction of sp³-hybridized carbons (Fsp3) is 0.750. The van der Waals surface area contributed by atoms with Crippen LogP contribution in [-0.4, -0.2) is 29.1 Å². The Morgan fingerprint density at radius 2 is 0.895 bits per heavy atom. The predicted molar refractivity (Wildman–Crippen MR) is 53.7 cm³/mol. The minimum atomic E-state index is -6.60. The normalized spacial score (nSPS) is 9.84. The van der Waals surface area contributed by atoms with Gasteiger partial charge in [-0.2, -0.15) is 30.7 Å². The van der Waals surface area contributed by atoms with Gasteiger partial charge in [0.1, 0.15) is 0 Å². The van der Waals surface area contributed by atoms with Crippen LogP contribution in [0.25, 0.3) is 0 Å². The Hall–Kier alpha value is -1.26.